The Labute approximate surface area is 230 Å². The highest BCUT2D eigenvalue weighted by Crippen LogP contribution is 2.27. The maximum Gasteiger partial charge on any atom is 0.338 e. The van der Waals surface area contributed by atoms with Gasteiger partial charge in [0, 0.05) is 6.07 Å². The van der Waals surface area contributed by atoms with E-state index in [1.54, 1.807) is 42.5 Å². The van der Waals surface area contributed by atoms with Gasteiger partial charge in [-0.3, -0.25) is 0 Å². The van der Waals surface area contributed by atoms with Crippen molar-refractivity contribution in [1.82, 2.24) is 0 Å². The van der Waals surface area contributed by atoms with E-state index in [-0.39, 0.29) is 11.7 Å². The van der Waals surface area contributed by atoms with Crippen LogP contribution in [0.15, 0.2) is 87.2 Å². The summed E-state index contributed by atoms with van der Waals surface area (Å²) >= 11 is 0. The lowest BCUT2D eigenvalue weighted by molar-refractivity contribution is 0.0497. The van der Waals surface area contributed by atoms with Crippen molar-refractivity contribution in [2.45, 2.75) is 65.2 Å². The van der Waals surface area contributed by atoms with Crippen molar-refractivity contribution in [3.05, 3.63) is 78.1 Å². The minimum atomic E-state index is -0.565. The Kier molecular flexibility index (Phi) is 12.8. The Hall–Kier alpha value is -3.94. The number of nitrogens with zero attached hydrogens (tertiary/aromatic N) is 4. The molecule has 0 aromatic heterocycles. The van der Waals surface area contributed by atoms with Crippen LogP contribution in [0.2, 0.25) is 0 Å². The van der Waals surface area contributed by atoms with Crippen LogP contribution in [0.25, 0.3) is 0 Å². The second kappa shape index (κ2) is 16.8. The van der Waals surface area contributed by atoms with E-state index in [1.165, 1.54) is 25.0 Å². The van der Waals surface area contributed by atoms with Gasteiger partial charge in [0.25, 0.3) is 0 Å². The molecule has 0 unspecified atom stereocenters. The molecule has 3 rings (SSSR count). The first-order chi connectivity index (χ1) is 19.1. The van der Waals surface area contributed by atoms with Crippen LogP contribution in [0, 0.1) is 5.82 Å². The van der Waals surface area contributed by atoms with Gasteiger partial charge < -0.3 is 9.47 Å². The first-order valence-corrected chi connectivity index (χ1v) is 13.7. The second-order valence-electron chi connectivity index (χ2n) is 9.18. The smallest absolute Gasteiger partial charge is 0.338 e. The number of benzene rings is 3. The number of azo groups is 2. The fourth-order valence-electron chi connectivity index (χ4n) is 3.64. The van der Waals surface area contributed by atoms with Gasteiger partial charge in [-0.05, 0) is 73.5 Å². The summed E-state index contributed by atoms with van der Waals surface area (Å²) in [5.74, 6) is -0.143. The molecule has 7 nitrogen and oxygen atoms in total. The molecule has 0 saturated carbocycles. The van der Waals surface area contributed by atoms with Crippen LogP contribution in [0.4, 0.5) is 27.1 Å². The van der Waals surface area contributed by atoms with Crippen LogP contribution in [0.1, 0.15) is 75.6 Å². The summed E-state index contributed by atoms with van der Waals surface area (Å²) in [6, 6.07) is 18.2. The van der Waals surface area contributed by atoms with Crippen molar-refractivity contribution in [3.8, 4) is 5.75 Å². The van der Waals surface area contributed by atoms with Gasteiger partial charge in [-0.15, -0.1) is 5.11 Å². The van der Waals surface area contributed by atoms with Gasteiger partial charge in [0.2, 0.25) is 0 Å². The number of carbonyl (C=O) groups excluding carboxylic acids is 1. The number of halogens is 1. The van der Waals surface area contributed by atoms with Gasteiger partial charge >= 0.3 is 5.97 Å². The van der Waals surface area contributed by atoms with Crippen molar-refractivity contribution >= 4 is 28.7 Å². The summed E-state index contributed by atoms with van der Waals surface area (Å²) in [5, 5.41) is 16.3. The average molecular weight is 533 g/mol. The normalized spacial score (nSPS) is 11.4. The third-order valence-electron chi connectivity index (χ3n) is 5.92. The molecule has 0 aliphatic rings. The monoisotopic (exact) mass is 532 g/mol. The highest BCUT2D eigenvalue weighted by Gasteiger charge is 2.07. The zero-order valence-corrected chi connectivity index (χ0v) is 22.8. The molecule has 0 bridgehead atoms. The molecule has 206 valence electrons. The van der Waals surface area contributed by atoms with Crippen LogP contribution >= 0.6 is 0 Å². The van der Waals surface area contributed by atoms with Crippen LogP contribution < -0.4 is 4.74 Å². The molecule has 0 amide bonds. The number of ether oxygens (including phenoxy) is 2. The molecule has 0 atom stereocenters. The van der Waals surface area contributed by atoms with Crippen molar-refractivity contribution in [1.29, 1.82) is 0 Å². The first kappa shape index (κ1) is 29.6. The summed E-state index contributed by atoms with van der Waals surface area (Å²) in [6.07, 6.45) is 8.79. The van der Waals surface area contributed by atoms with E-state index in [0.29, 0.717) is 35.8 Å². The standard InChI is InChI=1S/C31H37FN4O3/c1-3-5-7-8-10-22-39-31(37)24-11-13-25(14-12-24)34-36-30-20-17-27(23-29(30)32)35-33-26-15-18-28(19-16-26)38-21-9-6-4-2/h11-20,23H,3-10,21-22H2,1-2H3. The highest BCUT2D eigenvalue weighted by molar-refractivity contribution is 5.89. The van der Waals surface area contributed by atoms with Crippen LogP contribution in [0.3, 0.4) is 0 Å². The Morgan fingerprint density at radius 3 is 1.92 bits per heavy atom. The van der Waals surface area contributed by atoms with Gasteiger partial charge in [0.05, 0.1) is 35.8 Å². The largest absolute Gasteiger partial charge is 0.494 e. The van der Waals surface area contributed by atoms with Gasteiger partial charge in [-0.25, -0.2) is 9.18 Å². The lowest BCUT2D eigenvalue weighted by Gasteiger charge is -2.05. The molecule has 8 heteroatoms. The maximum absolute atomic E-state index is 14.6. The molecule has 0 spiro atoms. The maximum atomic E-state index is 14.6. The Balaban J connectivity index is 1.49. The predicted octanol–water partition coefficient (Wildman–Crippen LogP) is 10.4. The molecule has 0 aliphatic carbocycles. The lowest BCUT2D eigenvalue weighted by Crippen LogP contribution is -2.06. The number of hydrogen-bond donors (Lipinski definition) is 0. The first-order valence-electron chi connectivity index (χ1n) is 13.7. The lowest BCUT2D eigenvalue weighted by atomic mass is 10.2. The Morgan fingerprint density at radius 1 is 0.667 bits per heavy atom. The van der Waals surface area contributed by atoms with Crippen LogP contribution in [0.5, 0.6) is 5.75 Å². The van der Waals surface area contributed by atoms with Crippen molar-refractivity contribution in [3.63, 3.8) is 0 Å². The van der Waals surface area contributed by atoms with E-state index in [9.17, 15) is 9.18 Å². The number of rotatable bonds is 16. The summed E-state index contributed by atoms with van der Waals surface area (Å²) < 4.78 is 25.6. The van der Waals surface area contributed by atoms with E-state index in [0.717, 1.165) is 44.3 Å². The zero-order chi connectivity index (χ0) is 27.7. The number of esters is 1. The topological polar surface area (TPSA) is 85.0 Å². The molecular weight excluding hydrogens is 495 g/mol. The van der Waals surface area contributed by atoms with Gasteiger partial charge in [0.15, 0.2) is 5.82 Å². The summed E-state index contributed by atoms with van der Waals surface area (Å²) in [6.45, 7) is 5.43. The molecule has 3 aromatic rings. The molecule has 0 aliphatic heterocycles. The fourth-order valence-corrected chi connectivity index (χ4v) is 3.64. The van der Waals surface area contributed by atoms with Crippen molar-refractivity contribution in [2.75, 3.05) is 13.2 Å². The Morgan fingerprint density at radius 2 is 1.23 bits per heavy atom. The van der Waals surface area contributed by atoms with Crippen molar-refractivity contribution in [2.24, 2.45) is 20.5 Å². The van der Waals surface area contributed by atoms with E-state index in [4.69, 9.17) is 9.47 Å². The molecule has 0 radical (unpaired) electrons. The summed E-state index contributed by atoms with van der Waals surface area (Å²) in [5.41, 5.74) is 2.01. The van der Waals surface area contributed by atoms with Crippen LogP contribution in [-0.4, -0.2) is 19.2 Å². The van der Waals surface area contributed by atoms with E-state index < -0.39 is 5.82 Å². The molecule has 0 saturated heterocycles. The molecule has 0 fully saturated rings. The molecule has 3 aromatic carbocycles. The zero-order valence-electron chi connectivity index (χ0n) is 22.8. The predicted molar refractivity (Wildman–Crippen MR) is 152 cm³/mol. The van der Waals surface area contributed by atoms with E-state index in [1.807, 2.05) is 12.1 Å². The number of unbranched alkanes of at least 4 members (excludes halogenated alkanes) is 6. The second-order valence-corrected chi connectivity index (χ2v) is 9.18. The molecular formula is C31H37FN4O3. The van der Waals surface area contributed by atoms with E-state index >= 15 is 0 Å². The Bertz CT molecular complexity index is 1210. The quantitative estimate of drug-likeness (QED) is 0.104. The molecule has 0 heterocycles. The summed E-state index contributed by atoms with van der Waals surface area (Å²) in [4.78, 5) is 12.2. The van der Waals surface area contributed by atoms with Gasteiger partial charge in [0.1, 0.15) is 11.4 Å². The van der Waals surface area contributed by atoms with Crippen molar-refractivity contribution < 1.29 is 18.7 Å². The molecule has 0 N–H and O–H groups in total. The average Bonchev–Trinajstić information content (AvgIpc) is 2.96. The highest BCUT2D eigenvalue weighted by atomic mass is 19.1. The number of carbonyl (C=O) groups is 1. The third-order valence-corrected chi connectivity index (χ3v) is 5.92. The van der Waals surface area contributed by atoms with E-state index in [2.05, 4.69) is 34.3 Å². The van der Waals surface area contributed by atoms with Gasteiger partial charge in [-0.1, -0.05) is 52.4 Å². The van der Waals surface area contributed by atoms with Crippen LogP contribution in [-0.2, 0) is 4.74 Å². The third kappa shape index (κ3) is 10.8. The SMILES string of the molecule is CCCCCCCOC(=O)c1ccc(N=Nc2ccc(N=Nc3ccc(OCCCCC)cc3)cc2F)cc1. The number of hydrogen-bond acceptors (Lipinski definition) is 7. The fraction of sp³-hybridized carbons (Fsp3) is 0.387. The van der Waals surface area contributed by atoms with Gasteiger partial charge in [-0.2, -0.15) is 15.3 Å². The minimum Gasteiger partial charge on any atom is -0.494 e. The minimum absolute atomic E-state index is 0.0742. The molecule has 39 heavy (non-hydrogen) atoms. The summed E-state index contributed by atoms with van der Waals surface area (Å²) in [7, 11) is 0.